The summed E-state index contributed by atoms with van der Waals surface area (Å²) in [5.41, 5.74) is 2.99. The van der Waals surface area contributed by atoms with E-state index in [0.29, 0.717) is 23.5 Å². The smallest absolute Gasteiger partial charge is 0.349 e. The van der Waals surface area contributed by atoms with Crippen molar-refractivity contribution in [2.45, 2.75) is 27.2 Å². The molecule has 0 saturated heterocycles. The van der Waals surface area contributed by atoms with Crippen molar-refractivity contribution in [2.75, 3.05) is 6.61 Å². The van der Waals surface area contributed by atoms with Crippen LogP contribution in [0, 0.1) is 13.8 Å². The topological polar surface area (TPSA) is 65.7 Å². The summed E-state index contributed by atoms with van der Waals surface area (Å²) in [6, 6.07) is 12.2. The first-order valence-electron chi connectivity index (χ1n) is 8.43. The van der Waals surface area contributed by atoms with Gasteiger partial charge < -0.3 is 13.9 Å². The average Bonchev–Trinajstić information content (AvgIpc) is 2.58. The Morgan fingerprint density at radius 3 is 2.42 bits per heavy atom. The Labute approximate surface area is 151 Å². The molecule has 5 nitrogen and oxygen atoms in total. The number of hydrogen-bond acceptors (Lipinski definition) is 5. The van der Waals surface area contributed by atoms with Crippen LogP contribution in [0.15, 0.2) is 51.7 Å². The largest absolute Gasteiger partial charge is 0.482 e. The van der Waals surface area contributed by atoms with Gasteiger partial charge in [0.2, 0.25) is 0 Å². The molecule has 3 rings (SSSR count). The summed E-state index contributed by atoms with van der Waals surface area (Å²) in [4.78, 5) is 23.7. The Balaban J connectivity index is 1.72. The van der Waals surface area contributed by atoms with Crippen molar-refractivity contribution in [3.05, 3.63) is 69.6 Å². The van der Waals surface area contributed by atoms with Crippen LogP contribution < -0.4 is 15.1 Å². The Morgan fingerprint density at radius 2 is 1.73 bits per heavy atom. The molecule has 3 aromatic rings. The van der Waals surface area contributed by atoms with Crippen LogP contribution in [0.25, 0.3) is 11.0 Å². The molecule has 0 unspecified atom stereocenters. The zero-order valence-electron chi connectivity index (χ0n) is 15.0. The minimum atomic E-state index is -0.530. The zero-order valence-corrected chi connectivity index (χ0v) is 15.0. The molecule has 0 spiro atoms. The van der Waals surface area contributed by atoms with Crippen molar-refractivity contribution >= 4 is 16.9 Å². The highest BCUT2D eigenvalue weighted by Gasteiger charge is 2.10. The Kier molecular flexibility index (Phi) is 5.07. The lowest BCUT2D eigenvalue weighted by molar-refractivity contribution is -0.136. The highest BCUT2D eigenvalue weighted by atomic mass is 16.6. The maximum absolute atomic E-state index is 12.0. The molecule has 0 aliphatic rings. The van der Waals surface area contributed by atoms with Gasteiger partial charge >= 0.3 is 11.6 Å². The molecule has 0 N–H and O–H groups in total. The molecule has 1 aromatic heterocycles. The first-order chi connectivity index (χ1) is 12.4. The molecule has 2 aromatic carbocycles. The average molecular weight is 352 g/mol. The molecule has 0 fully saturated rings. The van der Waals surface area contributed by atoms with Gasteiger partial charge in [0.25, 0.3) is 0 Å². The number of rotatable bonds is 5. The monoisotopic (exact) mass is 352 g/mol. The summed E-state index contributed by atoms with van der Waals surface area (Å²) >= 11 is 0. The van der Waals surface area contributed by atoms with E-state index >= 15 is 0 Å². The number of aryl methyl sites for hydroxylation is 3. The summed E-state index contributed by atoms with van der Waals surface area (Å²) < 4.78 is 16.0. The lowest BCUT2D eigenvalue weighted by Crippen LogP contribution is -2.17. The van der Waals surface area contributed by atoms with Crippen molar-refractivity contribution in [3.8, 4) is 11.5 Å². The van der Waals surface area contributed by atoms with Gasteiger partial charge in [-0.1, -0.05) is 13.0 Å². The highest BCUT2D eigenvalue weighted by molar-refractivity contribution is 5.83. The van der Waals surface area contributed by atoms with Crippen LogP contribution in [0.5, 0.6) is 11.5 Å². The molecule has 5 heteroatoms. The van der Waals surface area contributed by atoms with Gasteiger partial charge in [-0.15, -0.1) is 0 Å². The molecule has 1 heterocycles. The van der Waals surface area contributed by atoms with E-state index in [1.54, 1.807) is 18.2 Å². The van der Waals surface area contributed by atoms with Gasteiger partial charge in [0.1, 0.15) is 17.1 Å². The number of benzene rings is 2. The van der Waals surface area contributed by atoms with Gasteiger partial charge in [-0.05, 0) is 61.2 Å². The van der Waals surface area contributed by atoms with Crippen LogP contribution >= 0.6 is 0 Å². The van der Waals surface area contributed by atoms with E-state index in [2.05, 4.69) is 0 Å². The lowest BCUT2D eigenvalue weighted by Gasteiger charge is -2.09. The number of carbonyl (C=O) groups excluding carboxylic acids is 1. The van der Waals surface area contributed by atoms with Gasteiger partial charge in [-0.3, -0.25) is 0 Å². The van der Waals surface area contributed by atoms with Crippen molar-refractivity contribution in [2.24, 2.45) is 0 Å². The summed E-state index contributed by atoms with van der Waals surface area (Å²) in [6.45, 7) is 5.68. The van der Waals surface area contributed by atoms with E-state index in [1.165, 1.54) is 6.07 Å². The summed E-state index contributed by atoms with van der Waals surface area (Å²) in [5, 5.41) is 0.832. The summed E-state index contributed by atoms with van der Waals surface area (Å²) in [5.74, 6) is 0.400. The lowest BCUT2D eigenvalue weighted by atomic mass is 10.1. The second-order valence-corrected chi connectivity index (χ2v) is 6.19. The number of carbonyl (C=O) groups is 1. The molecule has 0 atom stereocenters. The molecular weight excluding hydrogens is 332 g/mol. The van der Waals surface area contributed by atoms with E-state index in [0.717, 1.165) is 22.1 Å². The van der Waals surface area contributed by atoms with E-state index in [1.807, 2.05) is 39.0 Å². The molecule has 0 amide bonds. The van der Waals surface area contributed by atoms with E-state index in [-0.39, 0.29) is 6.61 Å². The fourth-order valence-electron chi connectivity index (χ4n) is 2.89. The van der Waals surface area contributed by atoms with Gasteiger partial charge in [0.15, 0.2) is 6.61 Å². The molecule has 26 heavy (non-hydrogen) atoms. The molecule has 0 radical (unpaired) electrons. The molecular formula is C21H20O5. The van der Waals surface area contributed by atoms with E-state index in [4.69, 9.17) is 13.9 Å². The molecule has 0 saturated carbocycles. The van der Waals surface area contributed by atoms with Gasteiger partial charge in [-0.25, -0.2) is 9.59 Å². The SMILES string of the molecule is CCc1cc(=O)oc2cc(OC(=O)COc3cc(C)cc(C)c3)ccc12. The third-order valence-corrected chi connectivity index (χ3v) is 3.97. The van der Waals surface area contributed by atoms with Crippen LogP contribution in [0.3, 0.4) is 0 Å². The fraction of sp³-hybridized carbons (Fsp3) is 0.238. The number of esters is 1. The van der Waals surface area contributed by atoms with Crippen molar-refractivity contribution in [1.82, 2.24) is 0 Å². The standard InChI is InChI=1S/C21H20O5/c1-4-15-10-20(22)26-19-11-16(5-6-18(15)19)25-21(23)12-24-17-8-13(2)7-14(3)9-17/h5-11H,4,12H2,1-3H3. The second-order valence-electron chi connectivity index (χ2n) is 6.19. The second kappa shape index (κ2) is 7.44. The van der Waals surface area contributed by atoms with Gasteiger partial charge in [-0.2, -0.15) is 0 Å². The van der Waals surface area contributed by atoms with E-state index in [9.17, 15) is 9.59 Å². The van der Waals surface area contributed by atoms with Crippen LogP contribution in [-0.4, -0.2) is 12.6 Å². The quantitative estimate of drug-likeness (QED) is 0.395. The minimum absolute atomic E-state index is 0.208. The van der Waals surface area contributed by atoms with Crippen molar-refractivity contribution in [3.63, 3.8) is 0 Å². The molecule has 0 bridgehead atoms. The summed E-state index contributed by atoms with van der Waals surface area (Å²) in [7, 11) is 0. The number of hydrogen-bond donors (Lipinski definition) is 0. The molecule has 134 valence electrons. The third-order valence-electron chi connectivity index (χ3n) is 3.97. The van der Waals surface area contributed by atoms with Gasteiger partial charge in [0.05, 0.1) is 0 Å². The van der Waals surface area contributed by atoms with Gasteiger partial charge in [0, 0.05) is 17.5 Å². The predicted octanol–water partition coefficient (Wildman–Crippen LogP) is 3.96. The van der Waals surface area contributed by atoms with Crippen LogP contribution in [0.4, 0.5) is 0 Å². The van der Waals surface area contributed by atoms with Crippen LogP contribution in [-0.2, 0) is 11.2 Å². The minimum Gasteiger partial charge on any atom is -0.482 e. The maximum Gasteiger partial charge on any atom is 0.349 e. The van der Waals surface area contributed by atoms with Crippen LogP contribution in [0.1, 0.15) is 23.6 Å². The zero-order chi connectivity index (χ0) is 18.7. The third kappa shape index (κ3) is 4.11. The van der Waals surface area contributed by atoms with Crippen molar-refractivity contribution in [1.29, 1.82) is 0 Å². The first kappa shape index (κ1) is 17.7. The Hall–Kier alpha value is -3.08. The Morgan fingerprint density at radius 1 is 1.00 bits per heavy atom. The first-order valence-corrected chi connectivity index (χ1v) is 8.43. The number of fused-ring (bicyclic) bond motifs is 1. The van der Waals surface area contributed by atoms with Crippen molar-refractivity contribution < 1.29 is 18.7 Å². The highest BCUT2D eigenvalue weighted by Crippen LogP contribution is 2.23. The number of ether oxygens (including phenoxy) is 2. The normalized spacial score (nSPS) is 10.7. The predicted molar refractivity (Wildman–Crippen MR) is 98.9 cm³/mol. The summed E-state index contributed by atoms with van der Waals surface area (Å²) in [6.07, 6.45) is 0.713. The maximum atomic E-state index is 12.0. The van der Waals surface area contributed by atoms with E-state index < -0.39 is 11.6 Å². The Bertz CT molecular complexity index is 996. The van der Waals surface area contributed by atoms with Crippen LogP contribution in [0.2, 0.25) is 0 Å². The fourth-order valence-corrected chi connectivity index (χ4v) is 2.89. The molecule has 0 aliphatic carbocycles. The molecule has 0 aliphatic heterocycles.